The minimum absolute atomic E-state index is 0.325. The summed E-state index contributed by atoms with van der Waals surface area (Å²) < 4.78 is 2.12. The Bertz CT molecular complexity index is 560. The Morgan fingerprint density at radius 1 is 1.28 bits per heavy atom. The van der Waals surface area contributed by atoms with Gasteiger partial charge in [-0.05, 0) is 38.4 Å². The lowest BCUT2D eigenvalue weighted by Gasteiger charge is -2.36. The summed E-state index contributed by atoms with van der Waals surface area (Å²) in [4.78, 5) is 6.82. The molecule has 96 valence electrons. The van der Waals surface area contributed by atoms with Crippen LogP contribution in [-0.4, -0.2) is 33.9 Å². The van der Waals surface area contributed by atoms with E-state index in [0.29, 0.717) is 12.1 Å². The van der Waals surface area contributed by atoms with Gasteiger partial charge in [-0.1, -0.05) is 6.07 Å². The van der Waals surface area contributed by atoms with Gasteiger partial charge in [0.15, 0.2) is 0 Å². The molecular formula is C14H20N4. The second-order valence-electron chi connectivity index (χ2n) is 5.40. The first kappa shape index (κ1) is 11.7. The normalized spacial score (nSPS) is 25.7. The number of fused-ring (bicyclic) bond motifs is 1. The Balaban J connectivity index is 1.93. The van der Waals surface area contributed by atoms with Gasteiger partial charge in [-0.15, -0.1) is 0 Å². The van der Waals surface area contributed by atoms with Crippen LogP contribution in [0.3, 0.4) is 0 Å². The number of nitrogens with two attached hydrogens (primary N) is 1. The number of rotatable bonds is 1. The Morgan fingerprint density at radius 2 is 2.11 bits per heavy atom. The van der Waals surface area contributed by atoms with Crippen LogP contribution in [0.15, 0.2) is 24.5 Å². The lowest BCUT2D eigenvalue weighted by atomic mass is 9.95. The summed E-state index contributed by atoms with van der Waals surface area (Å²) in [5, 5.41) is 0. The fraction of sp³-hybridized carbons (Fsp3) is 0.500. The van der Waals surface area contributed by atoms with Gasteiger partial charge in [0, 0.05) is 31.0 Å². The van der Waals surface area contributed by atoms with E-state index < -0.39 is 0 Å². The molecule has 1 aliphatic heterocycles. The van der Waals surface area contributed by atoms with Gasteiger partial charge in [0.2, 0.25) is 0 Å². The van der Waals surface area contributed by atoms with E-state index in [9.17, 15) is 0 Å². The van der Waals surface area contributed by atoms with Crippen molar-refractivity contribution in [1.29, 1.82) is 0 Å². The highest BCUT2D eigenvalue weighted by atomic mass is 15.2. The number of hydrogen-bond acceptors (Lipinski definition) is 3. The summed E-state index contributed by atoms with van der Waals surface area (Å²) >= 11 is 0. The zero-order valence-corrected chi connectivity index (χ0v) is 11.0. The van der Waals surface area contributed by atoms with Gasteiger partial charge in [0.25, 0.3) is 0 Å². The van der Waals surface area contributed by atoms with E-state index in [1.54, 1.807) is 0 Å². The quantitative estimate of drug-likeness (QED) is 0.831. The van der Waals surface area contributed by atoms with Crippen molar-refractivity contribution in [2.45, 2.75) is 31.8 Å². The third kappa shape index (κ3) is 2.02. The molecule has 0 aliphatic carbocycles. The molecular weight excluding hydrogens is 224 g/mol. The van der Waals surface area contributed by atoms with Gasteiger partial charge in [-0.3, -0.25) is 4.90 Å². The Labute approximate surface area is 107 Å². The summed E-state index contributed by atoms with van der Waals surface area (Å²) in [6.07, 6.45) is 6.52. The first-order valence-corrected chi connectivity index (χ1v) is 6.54. The molecule has 0 saturated carbocycles. The Hall–Kier alpha value is -1.39. The molecule has 0 radical (unpaired) electrons. The van der Waals surface area contributed by atoms with E-state index in [-0.39, 0.29) is 0 Å². The predicted molar refractivity (Wildman–Crippen MR) is 72.5 cm³/mol. The minimum atomic E-state index is 0.325. The molecule has 2 aromatic heterocycles. The summed E-state index contributed by atoms with van der Waals surface area (Å²) in [6.45, 7) is 3.00. The predicted octanol–water partition coefficient (Wildman–Crippen LogP) is 1.74. The molecule has 2 aromatic rings. The van der Waals surface area contributed by atoms with E-state index in [4.69, 9.17) is 5.73 Å². The number of nitrogens with zero attached hydrogens (tertiary/aromatic N) is 3. The standard InChI is InChI=1S/C14H20N4/c1-10-7-18-8-11(3-6-14(18)16-10)13-5-4-12(15)9-17(13)2/h3,6-8,12-13H,4-5,9,15H2,1-2H3. The maximum atomic E-state index is 6.00. The molecule has 4 heteroatoms. The number of imidazole rings is 1. The second kappa shape index (κ2) is 4.37. The lowest BCUT2D eigenvalue weighted by Crippen LogP contribution is -2.42. The van der Waals surface area contributed by atoms with Gasteiger partial charge in [0.05, 0.1) is 5.69 Å². The second-order valence-corrected chi connectivity index (χ2v) is 5.40. The molecule has 2 N–H and O–H groups in total. The highest BCUT2D eigenvalue weighted by Crippen LogP contribution is 2.29. The van der Waals surface area contributed by atoms with Crippen LogP contribution in [0.4, 0.5) is 0 Å². The lowest BCUT2D eigenvalue weighted by molar-refractivity contribution is 0.169. The number of piperidine rings is 1. The van der Waals surface area contributed by atoms with Crippen molar-refractivity contribution in [3.63, 3.8) is 0 Å². The number of likely N-dealkylation sites (N-methyl/N-ethyl adjacent to an activating group) is 1. The molecule has 1 fully saturated rings. The molecule has 0 spiro atoms. The summed E-state index contributed by atoms with van der Waals surface area (Å²) in [5.41, 5.74) is 9.44. The molecule has 18 heavy (non-hydrogen) atoms. The Kier molecular flexibility index (Phi) is 2.84. The smallest absolute Gasteiger partial charge is 0.136 e. The SMILES string of the molecule is Cc1cn2cc(C3CCC(N)CN3C)ccc2n1. The molecule has 3 heterocycles. The van der Waals surface area contributed by atoms with Crippen LogP contribution in [0, 0.1) is 6.92 Å². The average molecular weight is 244 g/mol. The zero-order valence-electron chi connectivity index (χ0n) is 11.0. The van der Waals surface area contributed by atoms with Gasteiger partial charge in [0.1, 0.15) is 5.65 Å². The topological polar surface area (TPSA) is 46.6 Å². The van der Waals surface area contributed by atoms with Crippen molar-refractivity contribution < 1.29 is 0 Å². The number of hydrogen-bond donors (Lipinski definition) is 1. The highest BCUT2D eigenvalue weighted by Gasteiger charge is 2.24. The third-order valence-electron chi connectivity index (χ3n) is 3.84. The van der Waals surface area contributed by atoms with Crippen molar-refractivity contribution in [2.75, 3.05) is 13.6 Å². The Morgan fingerprint density at radius 3 is 2.89 bits per heavy atom. The average Bonchev–Trinajstić information content (AvgIpc) is 2.68. The van der Waals surface area contributed by atoms with E-state index >= 15 is 0 Å². The molecule has 3 rings (SSSR count). The molecule has 2 unspecified atom stereocenters. The van der Waals surface area contributed by atoms with Crippen LogP contribution < -0.4 is 5.73 Å². The summed E-state index contributed by atoms with van der Waals surface area (Å²) in [6, 6.07) is 5.10. The van der Waals surface area contributed by atoms with Gasteiger partial charge in [-0.2, -0.15) is 0 Å². The van der Waals surface area contributed by atoms with Crippen molar-refractivity contribution in [2.24, 2.45) is 5.73 Å². The van der Waals surface area contributed by atoms with Gasteiger partial charge < -0.3 is 10.1 Å². The van der Waals surface area contributed by atoms with Crippen molar-refractivity contribution in [3.05, 3.63) is 35.8 Å². The zero-order chi connectivity index (χ0) is 12.7. The van der Waals surface area contributed by atoms with Crippen molar-refractivity contribution in [3.8, 4) is 0 Å². The van der Waals surface area contributed by atoms with E-state index in [1.807, 2.05) is 6.92 Å². The highest BCUT2D eigenvalue weighted by molar-refractivity contribution is 5.41. The van der Waals surface area contributed by atoms with E-state index in [1.165, 1.54) is 5.56 Å². The number of aryl methyl sites for hydroxylation is 1. The van der Waals surface area contributed by atoms with Crippen LogP contribution in [0.25, 0.3) is 5.65 Å². The monoisotopic (exact) mass is 244 g/mol. The van der Waals surface area contributed by atoms with Crippen LogP contribution >= 0.6 is 0 Å². The molecule has 0 bridgehead atoms. The van der Waals surface area contributed by atoms with E-state index in [0.717, 1.165) is 30.7 Å². The fourth-order valence-corrected chi connectivity index (χ4v) is 2.93. The largest absolute Gasteiger partial charge is 0.327 e. The van der Waals surface area contributed by atoms with Crippen LogP contribution in [-0.2, 0) is 0 Å². The minimum Gasteiger partial charge on any atom is -0.327 e. The summed E-state index contributed by atoms with van der Waals surface area (Å²) in [7, 11) is 2.16. The number of likely N-dealkylation sites (tertiary alicyclic amines) is 1. The molecule has 0 amide bonds. The first-order valence-electron chi connectivity index (χ1n) is 6.54. The van der Waals surface area contributed by atoms with Crippen molar-refractivity contribution in [1.82, 2.24) is 14.3 Å². The molecule has 1 saturated heterocycles. The van der Waals surface area contributed by atoms with Gasteiger partial charge >= 0.3 is 0 Å². The number of aromatic nitrogens is 2. The van der Waals surface area contributed by atoms with Gasteiger partial charge in [-0.25, -0.2) is 4.98 Å². The fourth-order valence-electron chi connectivity index (χ4n) is 2.93. The molecule has 2 atom stereocenters. The molecule has 4 nitrogen and oxygen atoms in total. The maximum Gasteiger partial charge on any atom is 0.136 e. The first-order chi connectivity index (χ1) is 8.63. The molecule has 1 aliphatic rings. The van der Waals surface area contributed by atoms with Crippen molar-refractivity contribution >= 4 is 5.65 Å². The summed E-state index contributed by atoms with van der Waals surface area (Å²) in [5.74, 6) is 0. The van der Waals surface area contributed by atoms with E-state index in [2.05, 4.69) is 45.9 Å². The van der Waals surface area contributed by atoms with Crippen LogP contribution in [0.2, 0.25) is 0 Å². The third-order valence-corrected chi connectivity index (χ3v) is 3.84. The van der Waals surface area contributed by atoms with Crippen LogP contribution in [0.5, 0.6) is 0 Å². The maximum absolute atomic E-state index is 6.00. The number of pyridine rings is 1. The molecule has 0 aromatic carbocycles. The van der Waals surface area contributed by atoms with Crippen LogP contribution in [0.1, 0.15) is 30.1 Å².